The van der Waals surface area contributed by atoms with Crippen molar-refractivity contribution in [2.45, 2.75) is 120 Å². The molecule has 0 amide bonds. The summed E-state index contributed by atoms with van der Waals surface area (Å²) in [5.41, 5.74) is 3.32. The predicted molar refractivity (Wildman–Crippen MR) is 171 cm³/mol. The van der Waals surface area contributed by atoms with Gasteiger partial charge in [0.2, 0.25) is 0 Å². The molecule has 0 aromatic carbocycles. The number of nitrogens with zero attached hydrogens (tertiary/aromatic N) is 1. The zero-order valence-corrected chi connectivity index (χ0v) is 32.6. The number of hydrogen-bond donors (Lipinski definition) is 0. The third kappa shape index (κ3) is 10.0. The van der Waals surface area contributed by atoms with Crippen molar-refractivity contribution in [2.24, 2.45) is 23.7 Å². The first-order chi connectivity index (χ1) is 16.3. The summed E-state index contributed by atoms with van der Waals surface area (Å²) >= 11 is 0. The van der Waals surface area contributed by atoms with E-state index in [0.29, 0.717) is 0 Å². The molecule has 0 saturated heterocycles. The predicted octanol–water partition coefficient (Wildman–Crippen LogP) is 10.3. The molecule has 0 aromatic rings. The van der Waals surface area contributed by atoms with Gasteiger partial charge in [-0.25, -0.2) is 0 Å². The van der Waals surface area contributed by atoms with Gasteiger partial charge in [0, 0.05) is 40.4 Å². The Kier molecular flexibility index (Phi) is 14.4. The molecule has 0 aliphatic heterocycles. The maximum atomic E-state index is 4.82. The van der Waals surface area contributed by atoms with Gasteiger partial charge in [0.05, 0.1) is 8.07 Å². The van der Waals surface area contributed by atoms with E-state index in [1.165, 1.54) is 31.1 Å². The summed E-state index contributed by atoms with van der Waals surface area (Å²) in [5, 5.41) is 0. The third-order valence-electron chi connectivity index (χ3n) is 8.68. The van der Waals surface area contributed by atoms with E-state index in [2.05, 4.69) is 120 Å². The first-order valence-electron chi connectivity index (χ1n) is 14.5. The summed E-state index contributed by atoms with van der Waals surface area (Å²) < 4.78 is 4.82. The molecule has 5 heteroatoms. The fourth-order valence-electron chi connectivity index (χ4n) is 6.97. The van der Waals surface area contributed by atoms with Gasteiger partial charge in [0.15, 0.2) is 0 Å². The van der Waals surface area contributed by atoms with Gasteiger partial charge in [-0.2, -0.15) is 0 Å². The molecule has 3 atom stereocenters. The Morgan fingerprint density at radius 1 is 0.757 bits per heavy atom. The second-order valence-electron chi connectivity index (χ2n) is 14.8. The maximum absolute atomic E-state index is 4.82. The Morgan fingerprint density at radius 3 is 1.65 bits per heavy atom. The van der Waals surface area contributed by atoms with Crippen LogP contribution in [0.15, 0.2) is 0 Å². The van der Waals surface area contributed by atoms with Crippen LogP contribution in [0.1, 0.15) is 67.7 Å². The van der Waals surface area contributed by atoms with Crippen LogP contribution in [-0.2, 0) is 0 Å². The van der Waals surface area contributed by atoms with Crippen LogP contribution >= 0.6 is 0 Å². The van der Waals surface area contributed by atoms with Crippen molar-refractivity contribution in [3.63, 3.8) is 0 Å². The third-order valence-corrected chi connectivity index (χ3v) is 17.8. The molecule has 37 heavy (non-hydrogen) atoms. The Balaban J connectivity index is 0.000000589. The summed E-state index contributed by atoms with van der Waals surface area (Å²) in [6, 6.07) is 0. The summed E-state index contributed by atoms with van der Waals surface area (Å²) in [4.78, 5) is 0. The normalized spacial score (nSPS) is 29.0. The van der Waals surface area contributed by atoms with Crippen LogP contribution in [0.5, 0.6) is 0 Å². The molecule has 0 unspecified atom stereocenters. The van der Waals surface area contributed by atoms with Crippen molar-refractivity contribution >= 4 is 24.5 Å². The van der Waals surface area contributed by atoms with E-state index in [0.717, 1.165) is 23.7 Å². The van der Waals surface area contributed by atoms with Gasteiger partial charge in [0.25, 0.3) is 0 Å². The average Bonchev–Trinajstić information content (AvgIpc) is 3.27. The molecule has 0 bridgehead atoms. The topological polar surface area (TPSA) is 14.1 Å². The second-order valence-corrected chi connectivity index (χ2v) is 28.7. The van der Waals surface area contributed by atoms with Crippen LogP contribution in [0.4, 0.5) is 0 Å². The van der Waals surface area contributed by atoms with Gasteiger partial charge in [-0.05, 0) is 96.4 Å². The van der Waals surface area contributed by atoms with Gasteiger partial charge < -0.3 is 4.65 Å². The van der Waals surface area contributed by atoms with Crippen LogP contribution in [0.2, 0.25) is 52.4 Å². The fraction of sp³-hybridized carbons (Fsp3) is 0.688. The molecule has 0 N–H and O–H groups in total. The van der Waals surface area contributed by atoms with E-state index < -0.39 is 24.5 Å². The van der Waals surface area contributed by atoms with Crippen LogP contribution in [-0.4, -0.2) is 24.5 Å². The SMILES string of the molecule is C[C]1[C](C)[C](C)[C]([Si](C)(C)[C]2[CH][CH][C]([C@H]3C[C@H](C)CC[C@H]3C(C)C)[CH]2)[C]1C.C[Si](C)(C)[N-][Si](C)(C)C.[Sm]. The van der Waals surface area contributed by atoms with Crippen molar-refractivity contribution in [3.05, 3.63) is 64.6 Å². The minimum atomic E-state index is -1.66. The van der Waals surface area contributed by atoms with E-state index in [1.807, 2.05) is 0 Å². The molecular weight excluding hydrogens is 633 g/mol. The van der Waals surface area contributed by atoms with Gasteiger partial charge >= 0.3 is 0 Å². The largest absolute Gasteiger partial charge is 0.668 e. The molecular formula is C32H58NSi3Sm-. The van der Waals surface area contributed by atoms with Crippen molar-refractivity contribution in [1.29, 1.82) is 0 Å². The zero-order valence-electron chi connectivity index (χ0n) is 27.0. The smallest absolute Gasteiger partial charge is 0.0626 e. The van der Waals surface area contributed by atoms with E-state index >= 15 is 0 Å². The number of rotatable bonds is 6. The average molecular weight is 691 g/mol. The summed E-state index contributed by atoms with van der Waals surface area (Å²) in [6.45, 7) is 35.5. The minimum absolute atomic E-state index is 0. The molecule has 0 heterocycles. The van der Waals surface area contributed by atoms with Crippen molar-refractivity contribution in [3.8, 4) is 0 Å². The van der Waals surface area contributed by atoms with E-state index in [4.69, 9.17) is 4.65 Å². The quantitative estimate of drug-likeness (QED) is 0.246. The molecule has 3 fully saturated rings. The maximum Gasteiger partial charge on any atom is 0.0626 e. The van der Waals surface area contributed by atoms with Crippen LogP contribution in [0.3, 0.4) is 0 Å². The molecule has 210 valence electrons. The molecule has 3 rings (SSSR count). The Labute approximate surface area is 270 Å². The van der Waals surface area contributed by atoms with E-state index in [1.54, 1.807) is 28.8 Å². The molecule has 0 aromatic heterocycles. The molecule has 10 radical (unpaired) electrons. The van der Waals surface area contributed by atoms with Crippen LogP contribution in [0.25, 0.3) is 4.65 Å². The van der Waals surface area contributed by atoms with Crippen molar-refractivity contribution in [1.82, 2.24) is 0 Å². The van der Waals surface area contributed by atoms with Gasteiger partial charge in [-0.1, -0.05) is 124 Å². The molecule has 3 aliphatic rings. The molecule has 0 spiro atoms. The van der Waals surface area contributed by atoms with Gasteiger partial charge in [-0.15, -0.1) is 0 Å². The Hall–Kier alpha value is 1.95. The van der Waals surface area contributed by atoms with E-state index in [-0.39, 0.29) is 40.4 Å². The minimum Gasteiger partial charge on any atom is -0.668 e. The van der Waals surface area contributed by atoms with Gasteiger partial charge in [-0.3, -0.25) is 0 Å². The zero-order chi connectivity index (χ0) is 27.8. The van der Waals surface area contributed by atoms with Gasteiger partial charge in [0.1, 0.15) is 0 Å². The van der Waals surface area contributed by atoms with Crippen LogP contribution < -0.4 is 0 Å². The second kappa shape index (κ2) is 14.4. The van der Waals surface area contributed by atoms with Crippen LogP contribution in [0, 0.1) is 124 Å². The van der Waals surface area contributed by atoms with E-state index in [9.17, 15) is 0 Å². The summed E-state index contributed by atoms with van der Waals surface area (Å²) in [7, 11) is -3.88. The summed E-state index contributed by atoms with van der Waals surface area (Å²) in [5.74, 6) is 11.0. The fourth-order valence-corrected chi connectivity index (χ4v) is 18.6. The molecule has 3 saturated carbocycles. The number of hydrogen-bond acceptors (Lipinski definition) is 0. The molecule has 3 aliphatic carbocycles. The standard InChI is InChI=1S/C26H40Si.C6H18NSi2.Sm/c1-16(2)24-13-10-17(3)14-25(24)22-11-12-23(15-22)27(8,9)26-20(6)18(4)19(5)21(26)7;1-8(2,3)7-9(4,5)6;/h11-12,15-17,24-25H,10,13-14H2,1-9H3;1-6H3;/q;-1;/t17-,24+,25-;;/m1../s1. The first kappa shape index (κ1) is 37.0. The van der Waals surface area contributed by atoms with Crippen molar-refractivity contribution in [2.75, 3.05) is 0 Å². The monoisotopic (exact) mass is 692 g/mol. The summed E-state index contributed by atoms with van der Waals surface area (Å²) in [6.07, 6.45) is 11.8. The first-order valence-corrected chi connectivity index (χ1v) is 24.4. The Bertz CT molecular complexity index is 657. The van der Waals surface area contributed by atoms with Crippen molar-refractivity contribution < 1.29 is 40.4 Å². The Morgan fingerprint density at radius 2 is 1.24 bits per heavy atom. The molecule has 1 nitrogen and oxygen atoms in total.